The fourth-order valence-corrected chi connectivity index (χ4v) is 0. The zero-order valence-corrected chi connectivity index (χ0v) is 9.97. The smallest absolute Gasteiger partial charge is 0.264 e. The van der Waals surface area contributed by atoms with Crippen LogP contribution in [0.5, 0.6) is 0 Å². The Balaban J connectivity index is -0.0000000800. The summed E-state index contributed by atoms with van der Waals surface area (Å²) < 4.78 is 31.6. The fourth-order valence-electron chi connectivity index (χ4n) is 0. The molecule has 0 aromatic carbocycles. The summed E-state index contributed by atoms with van der Waals surface area (Å²) in [5, 5.41) is 0. The standard InChI is InChI=1S/Ca.K.H2O4S/c;;1-5(2,3)4/h;;(H2,1,2,3,4). The average Bonchev–Trinajstić information content (AvgIpc) is 0.722. The first-order chi connectivity index (χ1) is 2.00. The maximum Gasteiger partial charge on any atom is 0.394 e. The normalized spacial score (nSPS) is 8.29. The fraction of sp³-hybridized carbons (Fsp3) is 0. The molecule has 0 aromatic rings. The molecule has 0 amide bonds. The third kappa shape index (κ3) is 52.5. The first-order valence-corrected chi connectivity index (χ1v) is 2.10. The molecule has 0 unspecified atom stereocenters. The van der Waals surface area contributed by atoms with E-state index in [1.54, 1.807) is 0 Å². The summed E-state index contributed by atoms with van der Waals surface area (Å²) in [6.07, 6.45) is 0. The van der Waals surface area contributed by atoms with Crippen LogP contribution in [0.2, 0.25) is 0 Å². The quantitative estimate of drug-likeness (QED) is 0.352. The number of rotatable bonds is 0. The van der Waals surface area contributed by atoms with Gasteiger partial charge in [0.05, 0.1) is 0 Å². The minimum atomic E-state index is -4.67. The topological polar surface area (TPSA) is 74.6 Å². The summed E-state index contributed by atoms with van der Waals surface area (Å²) in [6, 6.07) is 0. The van der Waals surface area contributed by atoms with E-state index >= 15 is 0 Å². The van der Waals surface area contributed by atoms with Gasteiger partial charge in [-0.05, 0) is 0 Å². The average molecular weight is 177 g/mol. The van der Waals surface area contributed by atoms with Crippen molar-refractivity contribution in [3.8, 4) is 0 Å². The Bertz CT molecular complexity index is 94.9. The predicted octanol–water partition coefficient (Wildman–Crippen LogP) is -1.41. The Hall–Kier alpha value is 2.77. The van der Waals surface area contributed by atoms with Crippen molar-refractivity contribution >= 4 is 99.5 Å². The Morgan fingerprint density at radius 1 is 1.14 bits per heavy atom. The molecule has 0 heterocycles. The molecule has 2 N–H and O–H groups in total. The van der Waals surface area contributed by atoms with Gasteiger partial charge in [-0.3, -0.25) is 9.11 Å². The van der Waals surface area contributed by atoms with Gasteiger partial charge in [0.2, 0.25) is 0 Å². The maximum atomic E-state index is 8.74. The first-order valence-electron chi connectivity index (χ1n) is 0.698. The van der Waals surface area contributed by atoms with Crippen LogP contribution in [0.15, 0.2) is 0 Å². The Morgan fingerprint density at radius 2 is 1.14 bits per heavy atom. The number of hydrogen-bond acceptors (Lipinski definition) is 2. The van der Waals surface area contributed by atoms with E-state index < -0.39 is 10.4 Å². The molecule has 7 heteroatoms. The van der Waals surface area contributed by atoms with Gasteiger partial charge in [0.15, 0.2) is 0 Å². The summed E-state index contributed by atoms with van der Waals surface area (Å²) in [5.74, 6) is 0. The van der Waals surface area contributed by atoms with Crippen molar-refractivity contribution in [2.75, 3.05) is 0 Å². The zero-order chi connectivity index (χ0) is 4.50. The molecule has 0 spiro atoms. The van der Waals surface area contributed by atoms with Gasteiger partial charge in [0.25, 0.3) is 0 Å². The molecule has 0 bridgehead atoms. The SMILES string of the molecule is O=S(=O)(O)O.[Ca].[K]. The van der Waals surface area contributed by atoms with Gasteiger partial charge in [-0.2, -0.15) is 8.42 Å². The molecule has 4 nitrogen and oxygen atoms in total. The van der Waals surface area contributed by atoms with Crippen molar-refractivity contribution in [2.45, 2.75) is 0 Å². The van der Waals surface area contributed by atoms with Crippen molar-refractivity contribution in [3.05, 3.63) is 0 Å². The van der Waals surface area contributed by atoms with Crippen molar-refractivity contribution < 1.29 is 17.5 Å². The molecule has 0 rings (SSSR count). The van der Waals surface area contributed by atoms with Crippen LogP contribution in [0.3, 0.4) is 0 Å². The molecule has 0 aliphatic heterocycles. The minimum absolute atomic E-state index is 0. The van der Waals surface area contributed by atoms with Gasteiger partial charge < -0.3 is 0 Å². The van der Waals surface area contributed by atoms with Crippen LogP contribution >= 0.6 is 0 Å². The van der Waals surface area contributed by atoms with E-state index in [0.717, 1.165) is 0 Å². The van der Waals surface area contributed by atoms with Crippen LogP contribution in [-0.4, -0.2) is 107 Å². The van der Waals surface area contributed by atoms with E-state index in [2.05, 4.69) is 0 Å². The van der Waals surface area contributed by atoms with Crippen molar-refractivity contribution in [2.24, 2.45) is 0 Å². The van der Waals surface area contributed by atoms with Crippen molar-refractivity contribution in [1.82, 2.24) is 0 Å². The van der Waals surface area contributed by atoms with Crippen LogP contribution < -0.4 is 0 Å². The van der Waals surface area contributed by atoms with Crippen molar-refractivity contribution in [3.63, 3.8) is 0 Å². The summed E-state index contributed by atoms with van der Waals surface area (Å²) >= 11 is 0. The van der Waals surface area contributed by atoms with Crippen molar-refractivity contribution in [1.29, 1.82) is 0 Å². The molecule has 0 fully saturated rings. The second kappa shape index (κ2) is 6.88. The van der Waals surface area contributed by atoms with E-state index in [0.29, 0.717) is 0 Å². The van der Waals surface area contributed by atoms with Crippen LogP contribution in [0.25, 0.3) is 0 Å². The Kier molecular flexibility index (Phi) is 16.1. The molecule has 0 saturated heterocycles. The molecule has 7 heavy (non-hydrogen) atoms. The van der Waals surface area contributed by atoms with Gasteiger partial charge in [0.1, 0.15) is 0 Å². The maximum absolute atomic E-state index is 8.74. The monoisotopic (exact) mass is 177 g/mol. The van der Waals surface area contributed by atoms with Crippen LogP contribution in [-0.2, 0) is 10.4 Å². The van der Waals surface area contributed by atoms with Crippen LogP contribution in [0, 0.1) is 0 Å². The van der Waals surface area contributed by atoms with Crippen LogP contribution in [0.1, 0.15) is 0 Å². The van der Waals surface area contributed by atoms with Gasteiger partial charge in [0, 0.05) is 89.1 Å². The molecule has 0 aliphatic rings. The first kappa shape index (κ1) is 16.4. The van der Waals surface area contributed by atoms with E-state index in [9.17, 15) is 0 Å². The molecule has 35 valence electrons. The van der Waals surface area contributed by atoms with Gasteiger partial charge in [-0.15, -0.1) is 0 Å². The third-order valence-corrected chi connectivity index (χ3v) is 0. The summed E-state index contributed by atoms with van der Waals surface area (Å²) in [5.41, 5.74) is 0. The summed E-state index contributed by atoms with van der Waals surface area (Å²) in [4.78, 5) is 0. The second-order valence-corrected chi connectivity index (χ2v) is 1.34. The van der Waals surface area contributed by atoms with Gasteiger partial charge in [-0.25, -0.2) is 0 Å². The molecule has 0 saturated carbocycles. The second-order valence-electron chi connectivity index (χ2n) is 0.448. The van der Waals surface area contributed by atoms with E-state index in [1.807, 2.05) is 0 Å². The Labute approximate surface area is 114 Å². The summed E-state index contributed by atoms with van der Waals surface area (Å²) in [7, 11) is -4.67. The van der Waals surface area contributed by atoms with E-state index in [4.69, 9.17) is 17.5 Å². The molecule has 0 aromatic heterocycles. The largest absolute Gasteiger partial charge is 0.394 e. The number of hydrogen-bond donors (Lipinski definition) is 2. The van der Waals surface area contributed by atoms with Gasteiger partial charge in [-0.1, -0.05) is 0 Å². The van der Waals surface area contributed by atoms with Crippen LogP contribution in [0.4, 0.5) is 0 Å². The zero-order valence-electron chi connectivity index (χ0n) is 3.83. The molecule has 0 aliphatic carbocycles. The summed E-state index contributed by atoms with van der Waals surface area (Å²) in [6.45, 7) is 0. The minimum Gasteiger partial charge on any atom is -0.264 e. The molecular formula is H2CaKO4S. The van der Waals surface area contributed by atoms with E-state index in [1.165, 1.54) is 0 Å². The van der Waals surface area contributed by atoms with Gasteiger partial charge >= 0.3 is 10.4 Å². The third-order valence-electron chi connectivity index (χ3n) is 0. The van der Waals surface area contributed by atoms with E-state index in [-0.39, 0.29) is 89.1 Å². The Morgan fingerprint density at radius 3 is 1.14 bits per heavy atom. The predicted molar refractivity (Wildman–Crippen MR) is 25.7 cm³/mol. The molecular weight excluding hydrogens is 175 g/mol. The molecule has 3 radical (unpaired) electrons. The molecule has 0 atom stereocenters.